The number of fused-ring (bicyclic) bond motifs is 2. The first-order valence-corrected chi connectivity index (χ1v) is 8.32. The van der Waals surface area contributed by atoms with Crippen molar-refractivity contribution in [2.45, 2.75) is 18.9 Å². The van der Waals surface area contributed by atoms with Crippen molar-refractivity contribution in [2.24, 2.45) is 0 Å². The molecule has 1 atom stereocenters. The van der Waals surface area contributed by atoms with Gasteiger partial charge < -0.3 is 13.8 Å². The van der Waals surface area contributed by atoms with E-state index in [9.17, 15) is 0 Å². The van der Waals surface area contributed by atoms with Crippen LogP contribution in [0.15, 0.2) is 59.4 Å². The molecule has 6 nitrogen and oxygen atoms in total. The van der Waals surface area contributed by atoms with E-state index in [4.69, 9.17) is 9.26 Å². The van der Waals surface area contributed by atoms with Crippen LogP contribution in [0.5, 0.6) is 5.75 Å². The van der Waals surface area contributed by atoms with Gasteiger partial charge in [-0.2, -0.15) is 4.98 Å². The first-order chi connectivity index (χ1) is 12.4. The second-order valence-electron chi connectivity index (χ2n) is 6.14. The number of aromatic nitrogens is 4. The van der Waals surface area contributed by atoms with E-state index < -0.39 is 0 Å². The van der Waals surface area contributed by atoms with Gasteiger partial charge in [0.05, 0.1) is 36.4 Å². The van der Waals surface area contributed by atoms with Gasteiger partial charge in [0.25, 0.3) is 0 Å². The summed E-state index contributed by atoms with van der Waals surface area (Å²) in [4.78, 5) is 9.03. The van der Waals surface area contributed by atoms with Gasteiger partial charge in [0.1, 0.15) is 5.75 Å². The quantitative estimate of drug-likeness (QED) is 0.575. The van der Waals surface area contributed by atoms with Crippen molar-refractivity contribution in [1.82, 2.24) is 19.7 Å². The molecule has 3 heterocycles. The largest absolute Gasteiger partial charge is 0.493 e. The molecular weight excluding hydrogens is 316 g/mol. The summed E-state index contributed by atoms with van der Waals surface area (Å²) in [6.45, 7) is 1.19. The molecule has 0 radical (unpaired) electrons. The van der Waals surface area contributed by atoms with Crippen molar-refractivity contribution in [3.05, 3.63) is 72.1 Å². The van der Waals surface area contributed by atoms with Gasteiger partial charge in [-0.1, -0.05) is 35.5 Å². The lowest BCUT2D eigenvalue weighted by Gasteiger charge is -2.22. The molecule has 4 aromatic rings. The molecule has 5 rings (SSSR count). The van der Waals surface area contributed by atoms with E-state index in [1.807, 2.05) is 53.4 Å². The van der Waals surface area contributed by atoms with Gasteiger partial charge in [0, 0.05) is 5.56 Å². The molecular formula is C19H16N4O2. The number of hydrogen-bond donors (Lipinski definition) is 0. The molecule has 25 heavy (non-hydrogen) atoms. The van der Waals surface area contributed by atoms with Crippen LogP contribution in [0.1, 0.15) is 29.6 Å². The van der Waals surface area contributed by atoms with Crippen molar-refractivity contribution in [1.29, 1.82) is 0 Å². The van der Waals surface area contributed by atoms with Crippen LogP contribution in [-0.4, -0.2) is 26.3 Å². The summed E-state index contributed by atoms with van der Waals surface area (Å²) in [5.74, 6) is 2.29. The van der Waals surface area contributed by atoms with Crippen LogP contribution in [0.3, 0.4) is 0 Å². The number of rotatable bonds is 3. The molecule has 0 bridgehead atoms. The van der Waals surface area contributed by atoms with Gasteiger partial charge in [0.15, 0.2) is 5.82 Å². The highest BCUT2D eigenvalue weighted by Gasteiger charge is 2.27. The Labute approximate surface area is 144 Å². The van der Waals surface area contributed by atoms with E-state index in [1.54, 1.807) is 0 Å². The van der Waals surface area contributed by atoms with Gasteiger partial charge in [0.2, 0.25) is 5.89 Å². The third-order valence-electron chi connectivity index (χ3n) is 4.58. The predicted molar refractivity (Wildman–Crippen MR) is 91.5 cm³/mol. The minimum atomic E-state index is 0.0886. The fourth-order valence-corrected chi connectivity index (χ4v) is 3.36. The molecule has 0 aliphatic carbocycles. The molecule has 2 aromatic heterocycles. The molecule has 0 saturated carbocycles. The molecule has 2 aromatic carbocycles. The molecule has 0 unspecified atom stereocenters. The van der Waals surface area contributed by atoms with E-state index >= 15 is 0 Å². The Kier molecular flexibility index (Phi) is 3.26. The molecule has 1 aliphatic heterocycles. The molecule has 0 amide bonds. The lowest BCUT2D eigenvalue weighted by Crippen LogP contribution is -2.15. The van der Waals surface area contributed by atoms with Crippen LogP contribution in [0.25, 0.3) is 11.0 Å². The molecule has 0 N–H and O–H groups in total. The summed E-state index contributed by atoms with van der Waals surface area (Å²) >= 11 is 0. The van der Waals surface area contributed by atoms with Crippen LogP contribution < -0.4 is 4.74 Å². The maximum Gasteiger partial charge on any atom is 0.234 e. The molecule has 0 spiro atoms. The Morgan fingerprint density at radius 2 is 1.96 bits per heavy atom. The van der Waals surface area contributed by atoms with E-state index in [-0.39, 0.29) is 5.92 Å². The highest BCUT2D eigenvalue weighted by molar-refractivity contribution is 5.74. The highest BCUT2D eigenvalue weighted by Crippen LogP contribution is 2.37. The normalized spacial score (nSPS) is 16.6. The number of nitrogens with zero attached hydrogens (tertiary/aromatic N) is 4. The summed E-state index contributed by atoms with van der Waals surface area (Å²) < 4.78 is 13.3. The Morgan fingerprint density at radius 3 is 2.96 bits per heavy atom. The average molecular weight is 332 g/mol. The van der Waals surface area contributed by atoms with E-state index in [0.29, 0.717) is 24.9 Å². The van der Waals surface area contributed by atoms with Gasteiger partial charge in [-0.3, -0.25) is 0 Å². The second kappa shape index (κ2) is 5.73. The fourth-order valence-electron chi connectivity index (χ4n) is 3.36. The Morgan fingerprint density at radius 1 is 1.08 bits per heavy atom. The third kappa shape index (κ3) is 2.46. The average Bonchev–Trinajstić information content (AvgIpc) is 3.29. The molecule has 1 aliphatic rings. The van der Waals surface area contributed by atoms with Crippen molar-refractivity contribution in [2.75, 3.05) is 6.61 Å². The van der Waals surface area contributed by atoms with Crippen LogP contribution in [0.4, 0.5) is 0 Å². The maximum absolute atomic E-state index is 5.71. The van der Waals surface area contributed by atoms with Crippen LogP contribution in [0, 0.1) is 0 Å². The van der Waals surface area contributed by atoms with Crippen molar-refractivity contribution < 1.29 is 9.26 Å². The zero-order valence-electron chi connectivity index (χ0n) is 13.5. The fraction of sp³-hybridized carbons (Fsp3) is 0.211. The zero-order valence-corrected chi connectivity index (χ0v) is 13.5. The number of benzene rings is 2. The summed E-state index contributed by atoms with van der Waals surface area (Å²) in [6, 6.07) is 16.0. The molecule has 124 valence electrons. The predicted octanol–water partition coefficient (Wildman–Crippen LogP) is 3.38. The lowest BCUT2D eigenvalue weighted by atomic mass is 9.93. The smallest absolute Gasteiger partial charge is 0.234 e. The SMILES string of the molecule is c1ccc2c(c1)OCC[C@@H]2c1nc(Cn2cnc3ccccc32)no1. The van der Waals surface area contributed by atoms with Gasteiger partial charge in [-0.25, -0.2) is 4.98 Å². The van der Waals surface area contributed by atoms with Gasteiger partial charge >= 0.3 is 0 Å². The minimum Gasteiger partial charge on any atom is -0.493 e. The summed E-state index contributed by atoms with van der Waals surface area (Å²) in [5.41, 5.74) is 3.13. The zero-order chi connectivity index (χ0) is 16.6. The van der Waals surface area contributed by atoms with Gasteiger partial charge in [-0.05, 0) is 24.6 Å². The number of para-hydroxylation sites is 3. The van der Waals surface area contributed by atoms with Crippen LogP contribution >= 0.6 is 0 Å². The highest BCUT2D eigenvalue weighted by atomic mass is 16.5. The summed E-state index contributed by atoms with van der Waals surface area (Å²) in [6.07, 6.45) is 2.65. The second-order valence-corrected chi connectivity index (χ2v) is 6.14. The van der Waals surface area contributed by atoms with Crippen molar-refractivity contribution in [3.63, 3.8) is 0 Å². The summed E-state index contributed by atoms with van der Waals surface area (Å²) in [5, 5.41) is 4.17. The monoisotopic (exact) mass is 332 g/mol. The van der Waals surface area contributed by atoms with Crippen LogP contribution in [0.2, 0.25) is 0 Å². The standard InChI is InChI=1S/C19H16N4O2/c1-4-8-17-13(5-1)14(9-10-24-17)19-21-18(22-25-19)11-23-12-20-15-6-2-3-7-16(15)23/h1-8,12,14H,9-11H2/t14-/m0/s1. The Balaban J connectivity index is 1.45. The van der Waals surface area contributed by atoms with Crippen molar-refractivity contribution in [3.8, 4) is 5.75 Å². The minimum absolute atomic E-state index is 0.0886. The first kappa shape index (κ1) is 14.2. The Bertz CT molecular complexity index is 1040. The van der Waals surface area contributed by atoms with E-state index in [0.717, 1.165) is 28.8 Å². The number of imidazole rings is 1. The maximum atomic E-state index is 5.71. The Hall–Kier alpha value is -3.15. The van der Waals surface area contributed by atoms with Crippen LogP contribution in [-0.2, 0) is 6.54 Å². The topological polar surface area (TPSA) is 66.0 Å². The molecule has 6 heteroatoms. The van der Waals surface area contributed by atoms with E-state index in [1.165, 1.54) is 0 Å². The molecule has 0 saturated heterocycles. The van der Waals surface area contributed by atoms with E-state index in [2.05, 4.69) is 21.2 Å². The number of ether oxygens (including phenoxy) is 1. The first-order valence-electron chi connectivity index (χ1n) is 8.32. The summed E-state index contributed by atoms with van der Waals surface area (Å²) in [7, 11) is 0. The van der Waals surface area contributed by atoms with Gasteiger partial charge in [-0.15, -0.1) is 0 Å². The lowest BCUT2D eigenvalue weighted by molar-refractivity contribution is 0.256. The number of hydrogen-bond acceptors (Lipinski definition) is 5. The van der Waals surface area contributed by atoms with Crippen molar-refractivity contribution >= 4 is 11.0 Å². The molecule has 0 fully saturated rings. The third-order valence-corrected chi connectivity index (χ3v) is 4.58.